The lowest BCUT2D eigenvalue weighted by Crippen LogP contribution is -2.17. The first-order chi connectivity index (χ1) is 4.24. The molecule has 9 heavy (non-hydrogen) atoms. The normalized spacial score (nSPS) is 10.0. The number of nitrogens with one attached hydrogen (secondary N) is 1. The molecule has 0 atom stereocenters. The molecule has 5 heteroatoms. The molecule has 1 heterocycles. The van der Waals surface area contributed by atoms with Gasteiger partial charge in [0.25, 0.3) is 0 Å². The summed E-state index contributed by atoms with van der Waals surface area (Å²) < 4.78 is 0.940. The van der Waals surface area contributed by atoms with Crippen molar-refractivity contribution >= 4 is 0 Å². The molecule has 1 aromatic rings. The fourth-order valence-corrected chi connectivity index (χ4v) is 0.567. The first-order valence-electron chi connectivity index (χ1n) is 2.48. The Balaban J connectivity index is 3.16. The Bertz CT molecular complexity index is 249. The largest absolute Gasteiger partial charge is 0.374 e. The van der Waals surface area contributed by atoms with E-state index in [1.54, 1.807) is 6.92 Å². The highest BCUT2D eigenvalue weighted by atomic mass is 16.3. The van der Waals surface area contributed by atoms with E-state index >= 15 is 0 Å². The Kier molecular flexibility index (Phi) is 1.35. The molecule has 0 radical (unpaired) electrons. The highest BCUT2D eigenvalue weighted by Crippen LogP contribution is 1.76. The first-order valence-corrected chi connectivity index (χ1v) is 2.48. The second-order valence-corrected chi connectivity index (χ2v) is 1.66. The van der Waals surface area contributed by atoms with E-state index in [0.29, 0.717) is 5.82 Å². The summed E-state index contributed by atoms with van der Waals surface area (Å²) in [5.41, 5.74) is -0.380. The van der Waals surface area contributed by atoms with E-state index in [4.69, 9.17) is 5.11 Å². The Morgan fingerprint density at radius 3 is 2.78 bits per heavy atom. The number of aromatic amines is 1. The van der Waals surface area contributed by atoms with Gasteiger partial charge < -0.3 is 5.11 Å². The monoisotopic (exact) mass is 129 g/mol. The highest BCUT2D eigenvalue weighted by Gasteiger charge is 1.95. The van der Waals surface area contributed by atoms with Crippen LogP contribution in [0, 0.1) is 6.92 Å². The first kappa shape index (κ1) is 6.03. The molecule has 0 amide bonds. The number of H-pyrrole nitrogens is 1. The molecule has 0 bridgehead atoms. The molecule has 0 unspecified atom stereocenters. The van der Waals surface area contributed by atoms with Gasteiger partial charge in [-0.25, -0.2) is 4.79 Å². The van der Waals surface area contributed by atoms with Crippen LogP contribution in [-0.2, 0) is 6.73 Å². The van der Waals surface area contributed by atoms with E-state index in [-0.39, 0.29) is 12.4 Å². The highest BCUT2D eigenvalue weighted by molar-refractivity contribution is 4.74. The number of aliphatic hydroxyl groups excluding tert-OH is 1. The van der Waals surface area contributed by atoms with E-state index < -0.39 is 0 Å². The number of aliphatic hydroxyl groups is 1. The zero-order valence-corrected chi connectivity index (χ0v) is 4.96. The van der Waals surface area contributed by atoms with Gasteiger partial charge in [-0.2, -0.15) is 9.78 Å². The van der Waals surface area contributed by atoms with Gasteiger partial charge in [0, 0.05) is 0 Å². The quantitative estimate of drug-likeness (QED) is 0.502. The number of nitrogens with zero attached hydrogens (tertiary/aromatic N) is 2. The lowest BCUT2D eigenvalue weighted by Gasteiger charge is -1.85. The summed E-state index contributed by atoms with van der Waals surface area (Å²) in [6, 6.07) is 0. The second-order valence-electron chi connectivity index (χ2n) is 1.66. The van der Waals surface area contributed by atoms with Crippen molar-refractivity contribution in [3.63, 3.8) is 0 Å². The van der Waals surface area contributed by atoms with E-state index in [1.807, 2.05) is 0 Å². The fraction of sp³-hybridized carbons (Fsp3) is 0.500. The van der Waals surface area contributed by atoms with Gasteiger partial charge in [0.05, 0.1) is 0 Å². The van der Waals surface area contributed by atoms with E-state index in [9.17, 15) is 4.79 Å². The van der Waals surface area contributed by atoms with Crippen LogP contribution in [-0.4, -0.2) is 19.9 Å². The van der Waals surface area contributed by atoms with Crippen molar-refractivity contribution < 1.29 is 5.11 Å². The molecule has 1 aromatic heterocycles. The molecule has 1 rings (SSSR count). The minimum absolute atomic E-state index is 0.372. The van der Waals surface area contributed by atoms with Crippen LogP contribution in [0.3, 0.4) is 0 Å². The maximum Gasteiger partial charge on any atom is 0.345 e. The van der Waals surface area contributed by atoms with Crippen molar-refractivity contribution in [2.75, 3.05) is 0 Å². The van der Waals surface area contributed by atoms with E-state index in [2.05, 4.69) is 10.1 Å². The van der Waals surface area contributed by atoms with Crippen LogP contribution in [0.5, 0.6) is 0 Å². The Morgan fingerprint density at radius 2 is 2.56 bits per heavy atom. The molecule has 0 aliphatic rings. The Morgan fingerprint density at radius 1 is 1.89 bits per heavy atom. The van der Waals surface area contributed by atoms with Crippen molar-refractivity contribution in [1.29, 1.82) is 0 Å². The third-order valence-corrected chi connectivity index (χ3v) is 0.927. The van der Waals surface area contributed by atoms with Crippen LogP contribution in [0.2, 0.25) is 0 Å². The molecular formula is C4H7N3O2. The lowest BCUT2D eigenvalue weighted by atomic mass is 10.8. The van der Waals surface area contributed by atoms with Crippen LogP contribution >= 0.6 is 0 Å². The van der Waals surface area contributed by atoms with E-state index in [0.717, 1.165) is 4.68 Å². The zero-order valence-electron chi connectivity index (χ0n) is 4.96. The standard InChI is InChI=1S/C4H7N3O2/c1-3-5-4(9)7(2-8)6-3/h8H,2H2,1H3,(H,5,6,9). The third-order valence-electron chi connectivity index (χ3n) is 0.927. The molecule has 0 aliphatic carbocycles. The minimum atomic E-state index is -0.380. The fourth-order valence-electron chi connectivity index (χ4n) is 0.567. The number of aryl methyl sites for hydroxylation is 1. The third kappa shape index (κ3) is 0.996. The van der Waals surface area contributed by atoms with Gasteiger partial charge in [0.2, 0.25) is 0 Å². The van der Waals surface area contributed by atoms with Crippen LogP contribution in [0.1, 0.15) is 5.82 Å². The van der Waals surface area contributed by atoms with Gasteiger partial charge in [-0.3, -0.25) is 4.98 Å². The van der Waals surface area contributed by atoms with Crippen LogP contribution in [0.4, 0.5) is 0 Å². The SMILES string of the molecule is Cc1nn(CO)c(=O)[nH]1. The van der Waals surface area contributed by atoms with Gasteiger partial charge in [0.1, 0.15) is 12.6 Å². The summed E-state index contributed by atoms with van der Waals surface area (Å²) >= 11 is 0. The minimum Gasteiger partial charge on any atom is -0.374 e. The molecule has 0 saturated heterocycles. The molecule has 2 N–H and O–H groups in total. The topological polar surface area (TPSA) is 70.9 Å². The summed E-state index contributed by atoms with van der Waals surface area (Å²) in [7, 11) is 0. The molecular weight excluding hydrogens is 122 g/mol. The summed E-state index contributed by atoms with van der Waals surface area (Å²) in [6.07, 6.45) is 0. The summed E-state index contributed by atoms with van der Waals surface area (Å²) in [5.74, 6) is 0.508. The molecule has 5 nitrogen and oxygen atoms in total. The predicted octanol–water partition coefficient (Wildman–Crippen LogP) is -1.17. The van der Waals surface area contributed by atoms with Gasteiger partial charge in [-0.1, -0.05) is 0 Å². The predicted molar refractivity (Wildman–Crippen MR) is 29.8 cm³/mol. The van der Waals surface area contributed by atoms with Crippen LogP contribution in [0.25, 0.3) is 0 Å². The summed E-state index contributed by atoms with van der Waals surface area (Å²) in [5, 5.41) is 12.0. The van der Waals surface area contributed by atoms with Crippen molar-refractivity contribution in [2.24, 2.45) is 0 Å². The Labute approximate surface area is 50.9 Å². The van der Waals surface area contributed by atoms with Gasteiger partial charge in [-0.15, -0.1) is 0 Å². The molecule has 0 spiro atoms. The average molecular weight is 129 g/mol. The van der Waals surface area contributed by atoms with Crippen molar-refractivity contribution in [3.05, 3.63) is 16.3 Å². The van der Waals surface area contributed by atoms with E-state index in [1.165, 1.54) is 0 Å². The zero-order chi connectivity index (χ0) is 6.85. The van der Waals surface area contributed by atoms with Gasteiger partial charge >= 0.3 is 5.69 Å². The van der Waals surface area contributed by atoms with Crippen molar-refractivity contribution in [1.82, 2.24) is 14.8 Å². The maximum atomic E-state index is 10.6. The summed E-state index contributed by atoms with van der Waals surface area (Å²) in [6.45, 7) is 1.27. The molecule has 0 aliphatic heterocycles. The lowest BCUT2D eigenvalue weighted by molar-refractivity contribution is 0.190. The molecule has 0 saturated carbocycles. The van der Waals surface area contributed by atoms with Crippen molar-refractivity contribution in [2.45, 2.75) is 13.7 Å². The molecule has 0 aromatic carbocycles. The van der Waals surface area contributed by atoms with Crippen LogP contribution in [0.15, 0.2) is 4.79 Å². The second kappa shape index (κ2) is 2.02. The number of aromatic nitrogens is 3. The van der Waals surface area contributed by atoms with Crippen molar-refractivity contribution in [3.8, 4) is 0 Å². The smallest absolute Gasteiger partial charge is 0.345 e. The average Bonchev–Trinajstić information content (AvgIpc) is 2.10. The number of rotatable bonds is 1. The maximum absolute atomic E-state index is 10.6. The van der Waals surface area contributed by atoms with Gasteiger partial charge in [-0.05, 0) is 6.92 Å². The van der Waals surface area contributed by atoms with Gasteiger partial charge in [0.15, 0.2) is 0 Å². The molecule has 0 fully saturated rings. The number of hydrogen-bond acceptors (Lipinski definition) is 3. The van der Waals surface area contributed by atoms with Crippen LogP contribution < -0.4 is 5.69 Å². The summed E-state index contributed by atoms with van der Waals surface area (Å²) in [4.78, 5) is 13.0. The Hall–Kier alpha value is -1.10. The molecule has 50 valence electrons. The number of hydrogen-bond donors (Lipinski definition) is 2.